The van der Waals surface area contributed by atoms with Crippen LogP contribution in [0.5, 0.6) is 5.75 Å². The van der Waals surface area contributed by atoms with Gasteiger partial charge in [-0.2, -0.15) is 0 Å². The van der Waals surface area contributed by atoms with E-state index in [2.05, 4.69) is 36.7 Å². The van der Waals surface area contributed by atoms with Crippen molar-refractivity contribution in [2.75, 3.05) is 56.0 Å². The van der Waals surface area contributed by atoms with Crippen LogP contribution < -0.4 is 15.5 Å². The van der Waals surface area contributed by atoms with Gasteiger partial charge in [-0.25, -0.2) is 0 Å². The molecule has 1 aromatic heterocycles. The van der Waals surface area contributed by atoms with Crippen molar-refractivity contribution < 1.29 is 5.11 Å². The first-order valence-corrected chi connectivity index (χ1v) is 10.9. The molecule has 2 aromatic rings. The summed E-state index contributed by atoms with van der Waals surface area (Å²) in [6, 6.07) is 9.86. The Kier molecular flexibility index (Phi) is 4.13. The van der Waals surface area contributed by atoms with E-state index in [4.69, 9.17) is 0 Å². The van der Waals surface area contributed by atoms with Crippen LogP contribution in [0.25, 0.3) is 11.3 Å². The lowest BCUT2D eigenvalue weighted by Crippen LogP contribution is -2.58. The van der Waals surface area contributed by atoms with Gasteiger partial charge in [0.25, 0.3) is 0 Å². The highest BCUT2D eigenvalue weighted by Crippen LogP contribution is 2.50. The van der Waals surface area contributed by atoms with Crippen LogP contribution in [0.3, 0.4) is 0 Å². The standard InChI is InChI=1S/C22H28N6O/c29-21-4-2-1-3-16(21)19-9-20-22(26-25-19)24-10-14-12-27(7-8-28(14)20)13-18-15-5-6-23-11-17(15)18/h1-4,9,14-15,17-18,23,29H,5-8,10-13H2,(H,24,26)/t14-,15?,17?,18?/m0/s1. The molecule has 1 saturated carbocycles. The third-order valence-electron chi connectivity index (χ3n) is 7.35. The van der Waals surface area contributed by atoms with Gasteiger partial charge in [-0.3, -0.25) is 4.90 Å². The van der Waals surface area contributed by atoms with Gasteiger partial charge >= 0.3 is 0 Å². The summed E-state index contributed by atoms with van der Waals surface area (Å²) >= 11 is 0. The van der Waals surface area contributed by atoms with Gasteiger partial charge in [0.05, 0.1) is 17.4 Å². The molecule has 0 amide bonds. The molecule has 0 spiro atoms. The lowest BCUT2D eigenvalue weighted by Gasteiger charge is -2.46. The molecule has 3 unspecified atom stereocenters. The first-order valence-electron chi connectivity index (χ1n) is 10.9. The van der Waals surface area contributed by atoms with Crippen LogP contribution in [-0.2, 0) is 0 Å². The Balaban J connectivity index is 1.19. The van der Waals surface area contributed by atoms with E-state index in [-0.39, 0.29) is 5.75 Å². The number of benzene rings is 1. The molecule has 29 heavy (non-hydrogen) atoms. The molecule has 2 saturated heterocycles. The number of nitrogens with zero attached hydrogens (tertiary/aromatic N) is 4. The number of piperidine rings is 1. The van der Waals surface area contributed by atoms with Crippen molar-refractivity contribution in [1.82, 2.24) is 20.4 Å². The minimum absolute atomic E-state index is 0.243. The highest BCUT2D eigenvalue weighted by atomic mass is 16.3. The molecule has 152 valence electrons. The molecule has 0 bridgehead atoms. The fraction of sp³-hybridized carbons (Fsp3) is 0.545. The molecule has 4 heterocycles. The number of hydrogen-bond donors (Lipinski definition) is 3. The van der Waals surface area contributed by atoms with Crippen molar-refractivity contribution >= 4 is 11.5 Å². The minimum Gasteiger partial charge on any atom is -0.507 e. The van der Waals surface area contributed by atoms with Gasteiger partial charge in [0.2, 0.25) is 0 Å². The van der Waals surface area contributed by atoms with Gasteiger partial charge in [0.1, 0.15) is 5.75 Å². The van der Waals surface area contributed by atoms with E-state index in [0.29, 0.717) is 6.04 Å². The molecule has 7 heteroatoms. The van der Waals surface area contributed by atoms with Crippen molar-refractivity contribution in [3.63, 3.8) is 0 Å². The van der Waals surface area contributed by atoms with Crippen molar-refractivity contribution in [2.45, 2.75) is 12.5 Å². The predicted molar refractivity (Wildman–Crippen MR) is 113 cm³/mol. The first kappa shape index (κ1) is 17.5. The molecule has 1 aliphatic carbocycles. The molecule has 3 aliphatic heterocycles. The number of para-hydroxylation sites is 1. The van der Waals surface area contributed by atoms with E-state index in [1.807, 2.05) is 18.2 Å². The summed E-state index contributed by atoms with van der Waals surface area (Å²) in [5, 5.41) is 26.0. The number of phenols is 1. The number of phenolic OH excluding ortho intramolecular Hbond substituents is 1. The fourth-order valence-electron chi connectivity index (χ4n) is 5.70. The normalized spacial score (nSPS) is 30.7. The average molecular weight is 393 g/mol. The number of nitrogens with one attached hydrogen (secondary N) is 2. The van der Waals surface area contributed by atoms with Crippen LogP contribution in [-0.4, -0.2) is 72.1 Å². The molecule has 1 aromatic carbocycles. The highest BCUT2D eigenvalue weighted by Gasteiger charge is 2.51. The molecule has 3 N–H and O–H groups in total. The quantitative estimate of drug-likeness (QED) is 0.733. The molecule has 3 fully saturated rings. The fourth-order valence-corrected chi connectivity index (χ4v) is 5.70. The van der Waals surface area contributed by atoms with Gasteiger partial charge in [-0.15, -0.1) is 10.2 Å². The predicted octanol–water partition coefficient (Wildman–Crippen LogP) is 1.62. The smallest absolute Gasteiger partial charge is 0.172 e. The van der Waals surface area contributed by atoms with Crippen LogP contribution in [0.1, 0.15) is 6.42 Å². The largest absolute Gasteiger partial charge is 0.507 e. The number of aromatic hydroxyl groups is 1. The van der Waals surface area contributed by atoms with Crippen LogP contribution in [0.4, 0.5) is 11.5 Å². The van der Waals surface area contributed by atoms with E-state index in [9.17, 15) is 5.11 Å². The van der Waals surface area contributed by atoms with Gasteiger partial charge in [0, 0.05) is 38.3 Å². The Hall–Kier alpha value is -2.38. The van der Waals surface area contributed by atoms with Crippen molar-refractivity contribution in [3.05, 3.63) is 30.3 Å². The average Bonchev–Trinajstić information content (AvgIpc) is 3.46. The Morgan fingerprint density at radius 2 is 2.03 bits per heavy atom. The number of piperazine rings is 1. The van der Waals surface area contributed by atoms with E-state index in [0.717, 1.165) is 66.7 Å². The zero-order valence-corrected chi connectivity index (χ0v) is 16.6. The lowest BCUT2D eigenvalue weighted by atomic mass is 10.1. The van der Waals surface area contributed by atoms with Crippen LogP contribution in [0.15, 0.2) is 30.3 Å². The van der Waals surface area contributed by atoms with Gasteiger partial charge in [-0.1, -0.05) is 12.1 Å². The van der Waals surface area contributed by atoms with E-state index >= 15 is 0 Å². The second kappa shape index (κ2) is 6.85. The number of aromatic nitrogens is 2. The summed E-state index contributed by atoms with van der Waals surface area (Å²) in [6.45, 7) is 7.82. The number of hydrogen-bond acceptors (Lipinski definition) is 7. The maximum absolute atomic E-state index is 10.2. The summed E-state index contributed by atoms with van der Waals surface area (Å²) in [7, 11) is 0. The Morgan fingerprint density at radius 1 is 1.10 bits per heavy atom. The molecule has 0 radical (unpaired) electrons. The minimum atomic E-state index is 0.243. The molecular formula is C22H28N6O. The highest BCUT2D eigenvalue weighted by molar-refractivity contribution is 5.76. The second-order valence-corrected chi connectivity index (χ2v) is 8.95. The number of anilines is 2. The summed E-state index contributed by atoms with van der Waals surface area (Å²) in [6.07, 6.45) is 1.36. The zero-order valence-electron chi connectivity index (χ0n) is 16.6. The van der Waals surface area contributed by atoms with Crippen LogP contribution in [0, 0.1) is 17.8 Å². The SMILES string of the molecule is Oc1ccccc1-c1cc2c(nn1)NC[C@H]1CN(CC3C4CCNCC43)CCN21. The molecule has 7 nitrogen and oxygen atoms in total. The van der Waals surface area contributed by atoms with Crippen molar-refractivity contribution in [1.29, 1.82) is 0 Å². The van der Waals surface area contributed by atoms with Crippen LogP contribution >= 0.6 is 0 Å². The summed E-state index contributed by atoms with van der Waals surface area (Å²) in [4.78, 5) is 5.16. The van der Waals surface area contributed by atoms with Gasteiger partial charge < -0.3 is 20.6 Å². The molecular weight excluding hydrogens is 364 g/mol. The molecule has 4 aliphatic rings. The number of rotatable bonds is 3. The van der Waals surface area contributed by atoms with Gasteiger partial charge in [0.15, 0.2) is 5.82 Å². The van der Waals surface area contributed by atoms with E-state index < -0.39 is 0 Å². The maximum Gasteiger partial charge on any atom is 0.172 e. The molecule has 4 atom stereocenters. The topological polar surface area (TPSA) is 76.5 Å². The Morgan fingerprint density at radius 3 is 2.90 bits per heavy atom. The number of fused-ring (bicyclic) bond motifs is 4. The van der Waals surface area contributed by atoms with Crippen molar-refractivity contribution in [3.8, 4) is 17.0 Å². The third-order valence-corrected chi connectivity index (χ3v) is 7.35. The van der Waals surface area contributed by atoms with Crippen molar-refractivity contribution in [2.24, 2.45) is 17.8 Å². The second-order valence-electron chi connectivity index (χ2n) is 8.95. The summed E-state index contributed by atoms with van der Waals surface area (Å²) in [5.74, 6) is 3.89. The Labute approximate surface area is 171 Å². The van der Waals surface area contributed by atoms with Gasteiger partial charge in [-0.05, 0) is 55.5 Å². The molecule has 6 rings (SSSR count). The summed E-state index contributed by atoms with van der Waals surface area (Å²) < 4.78 is 0. The lowest BCUT2D eigenvalue weighted by molar-refractivity contribution is 0.211. The Bertz CT molecular complexity index is 908. The maximum atomic E-state index is 10.2. The van der Waals surface area contributed by atoms with Crippen LogP contribution in [0.2, 0.25) is 0 Å². The van der Waals surface area contributed by atoms with E-state index in [1.54, 1.807) is 6.07 Å². The zero-order chi connectivity index (χ0) is 19.4. The monoisotopic (exact) mass is 392 g/mol. The van der Waals surface area contributed by atoms with E-state index in [1.165, 1.54) is 26.1 Å². The summed E-state index contributed by atoms with van der Waals surface area (Å²) in [5.41, 5.74) is 2.56. The third kappa shape index (κ3) is 3.04. The first-order chi connectivity index (χ1) is 14.3.